The van der Waals surface area contributed by atoms with Gasteiger partial charge in [-0.05, 0) is 36.2 Å². The van der Waals surface area contributed by atoms with Crippen molar-refractivity contribution in [1.82, 2.24) is 4.98 Å². The standard InChI is InChI=1S/C15H15NO4S/c1-3-5-12-7-8-14(15(10-12)19-2)20-21(17,18)13-6-4-9-16-11-13/h3-4,6-11H,1,5H2,2H3. The number of rotatable bonds is 6. The lowest BCUT2D eigenvalue weighted by Gasteiger charge is -2.11. The molecular weight excluding hydrogens is 290 g/mol. The number of benzene rings is 1. The Bertz CT molecular complexity index is 727. The van der Waals surface area contributed by atoms with Crippen molar-refractivity contribution in [2.45, 2.75) is 11.3 Å². The van der Waals surface area contributed by atoms with Gasteiger partial charge in [-0.2, -0.15) is 8.42 Å². The number of ether oxygens (including phenoxy) is 1. The number of nitrogens with zero attached hydrogens (tertiary/aromatic N) is 1. The number of methoxy groups -OCH3 is 1. The smallest absolute Gasteiger partial charge is 0.340 e. The zero-order chi connectivity index (χ0) is 15.3. The van der Waals surface area contributed by atoms with Gasteiger partial charge in [0.2, 0.25) is 0 Å². The van der Waals surface area contributed by atoms with E-state index in [1.165, 1.54) is 31.6 Å². The van der Waals surface area contributed by atoms with Crippen molar-refractivity contribution in [3.63, 3.8) is 0 Å². The van der Waals surface area contributed by atoms with Crippen molar-refractivity contribution >= 4 is 10.1 Å². The normalized spacial score (nSPS) is 10.9. The average Bonchev–Trinajstić information content (AvgIpc) is 2.50. The van der Waals surface area contributed by atoms with Crippen LogP contribution in [0.5, 0.6) is 11.5 Å². The summed E-state index contributed by atoms with van der Waals surface area (Å²) in [5, 5.41) is 0. The molecule has 21 heavy (non-hydrogen) atoms. The monoisotopic (exact) mass is 305 g/mol. The van der Waals surface area contributed by atoms with Crippen molar-refractivity contribution < 1.29 is 17.3 Å². The highest BCUT2D eigenvalue weighted by Crippen LogP contribution is 2.30. The van der Waals surface area contributed by atoms with Crippen LogP contribution in [0.2, 0.25) is 0 Å². The summed E-state index contributed by atoms with van der Waals surface area (Å²) >= 11 is 0. The van der Waals surface area contributed by atoms with Crippen LogP contribution in [0.25, 0.3) is 0 Å². The molecule has 0 aliphatic rings. The van der Waals surface area contributed by atoms with Crippen LogP contribution in [0.15, 0.2) is 60.3 Å². The fourth-order valence-electron chi connectivity index (χ4n) is 1.74. The minimum Gasteiger partial charge on any atom is -0.493 e. The third-order valence-electron chi connectivity index (χ3n) is 2.73. The van der Waals surface area contributed by atoms with Crippen LogP contribution in [-0.2, 0) is 16.5 Å². The predicted octanol–water partition coefficient (Wildman–Crippen LogP) is 2.59. The Hall–Kier alpha value is -2.34. The lowest BCUT2D eigenvalue weighted by molar-refractivity contribution is 0.390. The highest BCUT2D eigenvalue weighted by molar-refractivity contribution is 7.87. The van der Waals surface area contributed by atoms with E-state index in [2.05, 4.69) is 11.6 Å². The Kier molecular flexibility index (Phi) is 4.59. The van der Waals surface area contributed by atoms with Crippen LogP contribution >= 0.6 is 0 Å². The van der Waals surface area contributed by atoms with E-state index >= 15 is 0 Å². The highest BCUT2D eigenvalue weighted by atomic mass is 32.2. The molecule has 1 aromatic heterocycles. The number of aromatic nitrogens is 1. The molecule has 6 heteroatoms. The highest BCUT2D eigenvalue weighted by Gasteiger charge is 2.19. The van der Waals surface area contributed by atoms with Gasteiger partial charge in [0.25, 0.3) is 0 Å². The van der Waals surface area contributed by atoms with Crippen LogP contribution < -0.4 is 8.92 Å². The van der Waals surface area contributed by atoms with E-state index in [1.54, 1.807) is 24.3 Å². The van der Waals surface area contributed by atoms with Crippen LogP contribution in [0, 0.1) is 0 Å². The second kappa shape index (κ2) is 6.41. The van der Waals surface area contributed by atoms with Gasteiger partial charge in [-0.1, -0.05) is 12.1 Å². The Balaban J connectivity index is 2.33. The molecule has 0 amide bonds. The van der Waals surface area contributed by atoms with E-state index in [0.29, 0.717) is 12.2 Å². The molecular formula is C15H15NO4S. The quantitative estimate of drug-likeness (QED) is 0.606. The molecule has 0 aliphatic carbocycles. The summed E-state index contributed by atoms with van der Waals surface area (Å²) in [5.41, 5.74) is 0.952. The largest absolute Gasteiger partial charge is 0.493 e. The van der Waals surface area contributed by atoms with E-state index in [0.717, 1.165) is 5.56 Å². The molecule has 5 nitrogen and oxygen atoms in total. The van der Waals surface area contributed by atoms with Gasteiger partial charge in [0, 0.05) is 12.4 Å². The molecule has 0 fully saturated rings. The summed E-state index contributed by atoms with van der Waals surface area (Å²) in [6.07, 6.45) is 5.13. The van der Waals surface area contributed by atoms with E-state index in [4.69, 9.17) is 8.92 Å². The molecule has 1 aromatic carbocycles. The SMILES string of the molecule is C=CCc1ccc(OS(=O)(=O)c2cccnc2)c(OC)c1. The molecule has 0 unspecified atom stereocenters. The molecule has 0 atom stereocenters. The average molecular weight is 305 g/mol. The molecule has 110 valence electrons. The Morgan fingerprint density at radius 1 is 1.29 bits per heavy atom. The van der Waals surface area contributed by atoms with Crippen molar-refractivity contribution in [3.05, 3.63) is 60.9 Å². The van der Waals surface area contributed by atoms with E-state index in [9.17, 15) is 8.42 Å². The van der Waals surface area contributed by atoms with Gasteiger partial charge in [-0.3, -0.25) is 4.98 Å². The van der Waals surface area contributed by atoms with Gasteiger partial charge in [0.1, 0.15) is 4.90 Å². The Labute approximate surface area is 124 Å². The second-order valence-corrected chi connectivity index (χ2v) is 5.75. The molecule has 0 radical (unpaired) electrons. The van der Waals surface area contributed by atoms with Crippen molar-refractivity contribution in [2.24, 2.45) is 0 Å². The topological polar surface area (TPSA) is 65.5 Å². The third-order valence-corrected chi connectivity index (χ3v) is 3.95. The Morgan fingerprint density at radius 2 is 2.10 bits per heavy atom. The van der Waals surface area contributed by atoms with E-state index in [1.807, 2.05) is 0 Å². The molecule has 2 rings (SSSR count). The van der Waals surface area contributed by atoms with E-state index in [-0.39, 0.29) is 10.6 Å². The van der Waals surface area contributed by atoms with Crippen LogP contribution in [-0.4, -0.2) is 20.5 Å². The molecule has 0 saturated carbocycles. The first-order chi connectivity index (χ1) is 10.1. The maximum Gasteiger partial charge on any atom is 0.340 e. The minimum absolute atomic E-state index is 0.0118. The second-order valence-electron chi connectivity index (χ2n) is 4.20. The Morgan fingerprint density at radius 3 is 2.71 bits per heavy atom. The molecule has 0 bridgehead atoms. The maximum absolute atomic E-state index is 12.1. The fraction of sp³-hybridized carbons (Fsp3) is 0.133. The molecule has 0 saturated heterocycles. The van der Waals surface area contributed by atoms with Crippen molar-refractivity contribution in [1.29, 1.82) is 0 Å². The van der Waals surface area contributed by atoms with Gasteiger partial charge < -0.3 is 8.92 Å². The first-order valence-corrected chi connectivity index (χ1v) is 7.60. The maximum atomic E-state index is 12.1. The first-order valence-electron chi connectivity index (χ1n) is 6.19. The van der Waals surface area contributed by atoms with Crippen LogP contribution in [0.1, 0.15) is 5.56 Å². The molecule has 0 spiro atoms. The lowest BCUT2D eigenvalue weighted by Crippen LogP contribution is -2.10. The number of hydrogen-bond acceptors (Lipinski definition) is 5. The van der Waals surface area contributed by atoms with Gasteiger partial charge in [0.05, 0.1) is 7.11 Å². The van der Waals surface area contributed by atoms with Gasteiger partial charge >= 0.3 is 10.1 Å². The summed E-state index contributed by atoms with van der Waals surface area (Å²) < 4.78 is 34.6. The first kappa shape index (κ1) is 15.1. The van der Waals surface area contributed by atoms with Gasteiger partial charge in [-0.15, -0.1) is 6.58 Å². The fourth-order valence-corrected chi connectivity index (χ4v) is 2.64. The summed E-state index contributed by atoms with van der Waals surface area (Å²) in [5.74, 6) is 0.482. The van der Waals surface area contributed by atoms with E-state index < -0.39 is 10.1 Å². The predicted molar refractivity (Wildman–Crippen MR) is 78.9 cm³/mol. The minimum atomic E-state index is -3.93. The molecule has 1 heterocycles. The molecule has 2 aromatic rings. The summed E-state index contributed by atoms with van der Waals surface area (Å²) in [6, 6.07) is 7.99. The zero-order valence-corrected chi connectivity index (χ0v) is 12.3. The van der Waals surface area contributed by atoms with Gasteiger partial charge in [-0.25, -0.2) is 0 Å². The van der Waals surface area contributed by atoms with Crippen LogP contribution in [0.4, 0.5) is 0 Å². The number of hydrogen-bond donors (Lipinski definition) is 0. The molecule has 0 N–H and O–H groups in total. The lowest BCUT2D eigenvalue weighted by atomic mass is 10.1. The summed E-state index contributed by atoms with van der Waals surface area (Å²) in [4.78, 5) is 3.76. The zero-order valence-electron chi connectivity index (χ0n) is 11.5. The van der Waals surface area contributed by atoms with Gasteiger partial charge in [0.15, 0.2) is 11.5 Å². The van der Waals surface area contributed by atoms with Crippen molar-refractivity contribution in [2.75, 3.05) is 7.11 Å². The number of allylic oxidation sites excluding steroid dienone is 1. The summed E-state index contributed by atoms with van der Waals surface area (Å²) in [7, 11) is -2.48. The summed E-state index contributed by atoms with van der Waals surface area (Å²) in [6.45, 7) is 3.66. The van der Waals surface area contributed by atoms with Crippen molar-refractivity contribution in [3.8, 4) is 11.5 Å². The van der Waals surface area contributed by atoms with Crippen LogP contribution in [0.3, 0.4) is 0 Å². The third kappa shape index (κ3) is 3.61. The molecule has 0 aliphatic heterocycles. The number of pyridine rings is 1.